The van der Waals surface area contributed by atoms with Gasteiger partial charge in [-0.3, -0.25) is 10.6 Å². The van der Waals surface area contributed by atoms with Crippen LogP contribution < -0.4 is 27.8 Å². The molecule has 5 unspecified atom stereocenters. The average molecular weight is 444 g/mol. The van der Waals surface area contributed by atoms with Gasteiger partial charge in [0.05, 0.1) is 0 Å². The van der Waals surface area contributed by atoms with Crippen molar-refractivity contribution >= 4 is 21.6 Å². The molecule has 0 aromatic heterocycles. The van der Waals surface area contributed by atoms with Crippen LogP contribution in [-0.2, 0) is 0 Å². The first-order valence-corrected chi connectivity index (χ1v) is 12.5. The Bertz CT molecular complexity index is 347. The zero-order chi connectivity index (χ0) is 21.2. The molecule has 0 aliphatic heterocycles. The molecule has 11 heteroatoms. The van der Waals surface area contributed by atoms with Crippen LogP contribution in [0.5, 0.6) is 0 Å². The Morgan fingerprint density at radius 2 is 1.14 bits per heavy atom. The van der Waals surface area contributed by atoms with E-state index in [4.69, 9.17) is 27.4 Å². The van der Waals surface area contributed by atoms with Gasteiger partial charge in [0, 0.05) is 17.5 Å². The Labute approximate surface area is 177 Å². The Hall–Kier alpha value is 0.340. The highest BCUT2D eigenvalue weighted by atomic mass is 33.1. The highest BCUT2D eigenvalue weighted by molar-refractivity contribution is 8.76. The van der Waals surface area contributed by atoms with Crippen LogP contribution in [-0.4, -0.2) is 76.0 Å². The second-order valence-corrected chi connectivity index (χ2v) is 9.58. The molecular formula is C17H41N5O4S2. The summed E-state index contributed by atoms with van der Waals surface area (Å²) in [5, 5.41) is 43.9. The average Bonchev–Trinajstić information content (AvgIpc) is 2.63. The topological polar surface area (TPSA) is 183 Å². The van der Waals surface area contributed by atoms with Crippen molar-refractivity contribution in [2.24, 2.45) is 17.2 Å². The molecule has 0 aliphatic rings. The summed E-state index contributed by atoms with van der Waals surface area (Å²) in [5.74, 6) is 1.64. The van der Waals surface area contributed by atoms with Crippen molar-refractivity contribution in [1.29, 1.82) is 0 Å². The van der Waals surface area contributed by atoms with Crippen molar-refractivity contribution < 1.29 is 20.4 Å². The van der Waals surface area contributed by atoms with Gasteiger partial charge < -0.3 is 37.6 Å². The van der Waals surface area contributed by atoms with E-state index in [1.165, 1.54) is 0 Å². The van der Waals surface area contributed by atoms with E-state index in [1.54, 1.807) is 21.6 Å². The van der Waals surface area contributed by atoms with Crippen LogP contribution in [0.1, 0.15) is 51.4 Å². The molecule has 0 fully saturated rings. The number of hydrogen-bond donors (Lipinski definition) is 9. The predicted molar refractivity (Wildman–Crippen MR) is 118 cm³/mol. The number of unbranched alkanes of at least 4 members (excludes halogenated alkanes) is 2. The number of nitrogens with two attached hydrogens (primary N) is 3. The second-order valence-electron chi connectivity index (χ2n) is 6.87. The van der Waals surface area contributed by atoms with Crippen molar-refractivity contribution in [3.05, 3.63) is 0 Å². The summed E-state index contributed by atoms with van der Waals surface area (Å²) in [6, 6.07) is -0.390. The third-order valence-electron chi connectivity index (χ3n) is 4.12. The maximum absolute atomic E-state index is 9.89. The summed E-state index contributed by atoms with van der Waals surface area (Å²) < 4.78 is 0. The number of hydrogen-bond acceptors (Lipinski definition) is 11. The molecule has 12 N–H and O–H groups in total. The molecule has 0 radical (unpaired) electrons. The van der Waals surface area contributed by atoms with Crippen molar-refractivity contribution in [3.63, 3.8) is 0 Å². The van der Waals surface area contributed by atoms with E-state index in [1.807, 2.05) is 0 Å². The Morgan fingerprint density at radius 1 is 0.643 bits per heavy atom. The number of aliphatic hydroxyl groups excluding tert-OH is 4. The lowest BCUT2D eigenvalue weighted by Gasteiger charge is -2.15. The third kappa shape index (κ3) is 19.6. The summed E-state index contributed by atoms with van der Waals surface area (Å²) in [6.07, 6.45) is 3.26. The number of aliphatic hydroxyl groups is 4. The molecule has 0 saturated carbocycles. The molecule has 0 amide bonds. The van der Waals surface area contributed by atoms with E-state index >= 15 is 0 Å². The largest absolute Gasteiger partial charge is 0.379 e. The predicted octanol–water partition coefficient (Wildman–Crippen LogP) is -0.814. The first kappa shape index (κ1) is 28.3. The minimum Gasteiger partial charge on any atom is -0.379 e. The lowest BCUT2D eigenvalue weighted by Crippen LogP contribution is -2.41. The molecule has 0 spiro atoms. The van der Waals surface area contributed by atoms with Crippen molar-refractivity contribution in [2.75, 3.05) is 24.6 Å². The Morgan fingerprint density at radius 3 is 1.68 bits per heavy atom. The highest BCUT2D eigenvalue weighted by Crippen LogP contribution is 2.23. The standard InChI is InChI=1S/C17H41N5O4S2/c18-13(17(20)26)7-11-27-28-12-8-16(25)22-10-4-2-6-15(24)21-9-3-1-5-14(19)23/h13-17,21-26H,1-12,18-20H2. The fourth-order valence-electron chi connectivity index (χ4n) is 2.32. The van der Waals surface area contributed by atoms with Gasteiger partial charge in [0.25, 0.3) is 0 Å². The molecule has 5 atom stereocenters. The smallest absolute Gasteiger partial charge is 0.117 e. The third-order valence-corrected chi connectivity index (χ3v) is 6.59. The maximum Gasteiger partial charge on any atom is 0.117 e. The molecule has 0 rings (SSSR count). The first-order chi connectivity index (χ1) is 13.3. The molecule has 0 aromatic carbocycles. The number of nitrogens with one attached hydrogen (secondary N) is 2. The molecule has 0 heterocycles. The second kappa shape index (κ2) is 19.3. The van der Waals surface area contributed by atoms with Gasteiger partial charge in [-0.15, -0.1) is 0 Å². The van der Waals surface area contributed by atoms with E-state index in [0.29, 0.717) is 38.8 Å². The van der Waals surface area contributed by atoms with Crippen LogP contribution in [0.2, 0.25) is 0 Å². The lowest BCUT2D eigenvalue weighted by molar-refractivity contribution is 0.119. The van der Waals surface area contributed by atoms with Gasteiger partial charge in [0.2, 0.25) is 0 Å². The van der Waals surface area contributed by atoms with Crippen LogP contribution in [0.15, 0.2) is 0 Å². The quantitative estimate of drug-likeness (QED) is 0.0651. The molecule has 0 bridgehead atoms. The molecule has 0 aromatic rings. The molecule has 28 heavy (non-hydrogen) atoms. The summed E-state index contributed by atoms with van der Waals surface area (Å²) in [7, 11) is 3.34. The summed E-state index contributed by atoms with van der Waals surface area (Å²) in [4.78, 5) is 0. The van der Waals surface area contributed by atoms with Gasteiger partial charge in [0.15, 0.2) is 0 Å². The van der Waals surface area contributed by atoms with Gasteiger partial charge in [-0.25, -0.2) is 0 Å². The normalized spacial score (nSPS) is 17.2. The first-order valence-electron chi connectivity index (χ1n) is 10.0. The van der Waals surface area contributed by atoms with Gasteiger partial charge in [0.1, 0.15) is 24.9 Å². The fraction of sp³-hybridized carbons (Fsp3) is 1.00. The van der Waals surface area contributed by atoms with Crippen LogP contribution in [0.3, 0.4) is 0 Å². The van der Waals surface area contributed by atoms with Gasteiger partial charge in [-0.05, 0) is 64.5 Å². The molecular weight excluding hydrogens is 402 g/mol. The SMILES string of the molecule is NC(O)CCCCNC(O)CCCCNC(O)CCSSCCC(N)C(N)O. The minimum atomic E-state index is -0.968. The van der Waals surface area contributed by atoms with Crippen molar-refractivity contribution in [2.45, 2.75) is 82.3 Å². The zero-order valence-corrected chi connectivity index (χ0v) is 18.3. The minimum absolute atomic E-state index is 0.390. The van der Waals surface area contributed by atoms with Crippen LogP contribution in [0, 0.1) is 0 Å². The van der Waals surface area contributed by atoms with Crippen LogP contribution in [0.4, 0.5) is 0 Å². The molecule has 0 saturated heterocycles. The number of rotatable bonds is 20. The van der Waals surface area contributed by atoms with Gasteiger partial charge >= 0.3 is 0 Å². The Kier molecular flexibility index (Phi) is 19.5. The summed E-state index contributed by atoms with van der Waals surface area (Å²) >= 11 is 0. The fourth-order valence-corrected chi connectivity index (χ4v) is 4.52. The molecule has 9 nitrogen and oxygen atoms in total. The van der Waals surface area contributed by atoms with E-state index in [2.05, 4.69) is 10.6 Å². The van der Waals surface area contributed by atoms with Gasteiger partial charge in [-0.2, -0.15) is 0 Å². The highest BCUT2D eigenvalue weighted by Gasteiger charge is 2.09. The van der Waals surface area contributed by atoms with E-state index < -0.39 is 24.9 Å². The van der Waals surface area contributed by atoms with Gasteiger partial charge in [-0.1, -0.05) is 21.6 Å². The monoisotopic (exact) mass is 443 g/mol. The zero-order valence-electron chi connectivity index (χ0n) is 16.7. The van der Waals surface area contributed by atoms with Crippen molar-refractivity contribution in [1.82, 2.24) is 10.6 Å². The maximum atomic E-state index is 9.89. The van der Waals surface area contributed by atoms with E-state index in [0.717, 1.165) is 37.2 Å². The Balaban J connectivity index is 3.37. The van der Waals surface area contributed by atoms with E-state index in [-0.39, 0.29) is 6.04 Å². The molecule has 0 aliphatic carbocycles. The molecule has 170 valence electrons. The van der Waals surface area contributed by atoms with E-state index in [9.17, 15) is 10.2 Å². The van der Waals surface area contributed by atoms with Crippen LogP contribution in [0.25, 0.3) is 0 Å². The summed E-state index contributed by atoms with van der Waals surface area (Å²) in [5.41, 5.74) is 16.2. The summed E-state index contributed by atoms with van der Waals surface area (Å²) in [6.45, 7) is 1.42. The lowest BCUT2D eigenvalue weighted by atomic mass is 10.2. The van der Waals surface area contributed by atoms with Crippen LogP contribution >= 0.6 is 21.6 Å². The van der Waals surface area contributed by atoms with Crippen molar-refractivity contribution in [3.8, 4) is 0 Å².